The highest BCUT2D eigenvalue weighted by Crippen LogP contribution is 2.32. The van der Waals surface area contributed by atoms with Crippen LogP contribution in [0.25, 0.3) is 0 Å². The van der Waals surface area contributed by atoms with E-state index in [9.17, 15) is 0 Å². The molecule has 0 bridgehead atoms. The van der Waals surface area contributed by atoms with Gasteiger partial charge in [-0.05, 0) is 38.5 Å². The molecular weight excluding hydrogens is 224 g/mol. The fourth-order valence-corrected chi connectivity index (χ4v) is 3.90. The number of likely N-dealkylation sites (tertiary alicyclic amines) is 1. The molecule has 2 aliphatic rings. The molecule has 3 atom stereocenters. The maximum atomic E-state index is 5.98. The van der Waals surface area contributed by atoms with Crippen LogP contribution in [0.1, 0.15) is 51.9 Å². The molecule has 0 aromatic rings. The van der Waals surface area contributed by atoms with E-state index in [-0.39, 0.29) is 0 Å². The lowest BCUT2D eigenvalue weighted by Crippen LogP contribution is -2.54. The van der Waals surface area contributed by atoms with Crippen LogP contribution in [0.4, 0.5) is 0 Å². The van der Waals surface area contributed by atoms with Crippen molar-refractivity contribution in [3.63, 3.8) is 0 Å². The third-order valence-corrected chi connectivity index (χ3v) is 5.17. The normalized spacial score (nSPS) is 33.5. The average Bonchev–Trinajstić information content (AvgIpc) is 2.46. The van der Waals surface area contributed by atoms with Gasteiger partial charge >= 0.3 is 0 Å². The highest BCUT2D eigenvalue weighted by Gasteiger charge is 2.33. The van der Waals surface area contributed by atoms with Gasteiger partial charge < -0.3 is 10.5 Å². The minimum absolute atomic E-state index is 0.424. The number of nitrogens with two attached hydrogens (primary N) is 1. The van der Waals surface area contributed by atoms with Gasteiger partial charge in [-0.2, -0.15) is 0 Å². The van der Waals surface area contributed by atoms with Gasteiger partial charge in [0.15, 0.2) is 0 Å². The Balaban J connectivity index is 1.93. The standard InChI is InChI=1S/C15H30N2O/c1-12(13-6-4-3-5-7-13)17-9-8-15(18-2)10-14(17)11-16/h12-15H,3-11,16H2,1-2H3. The Labute approximate surface area is 112 Å². The van der Waals surface area contributed by atoms with E-state index in [4.69, 9.17) is 10.5 Å². The van der Waals surface area contributed by atoms with E-state index >= 15 is 0 Å². The lowest BCUT2D eigenvalue weighted by Gasteiger charge is -2.45. The minimum Gasteiger partial charge on any atom is -0.381 e. The van der Waals surface area contributed by atoms with Crippen molar-refractivity contribution >= 4 is 0 Å². The number of hydrogen-bond acceptors (Lipinski definition) is 3. The molecule has 0 aromatic carbocycles. The van der Waals surface area contributed by atoms with Gasteiger partial charge in [-0.15, -0.1) is 0 Å². The highest BCUT2D eigenvalue weighted by molar-refractivity contribution is 4.89. The van der Waals surface area contributed by atoms with Crippen molar-refractivity contribution in [2.45, 2.75) is 70.1 Å². The molecule has 2 fully saturated rings. The van der Waals surface area contributed by atoms with E-state index in [2.05, 4.69) is 11.8 Å². The topological polar surface area (TPSA) is 38.5 Å². The number of rotatable bonds is 4. The molecule has 1 heterocycles. The first-order chi connectivity index (χ1) is 8.76. The summed E-state index contributed by atoms with van der Waals surface area (Å²) in [6.45, 7) is 4.36. The molecule has 2 N–H and O–H groups in total. The summed E-state index contributed by atoms with van der Waals surface area (Å²) in [4.78, 5) is 2.67. The molecule has 1 aliphatic carbocycles. The number of piperidine rings is 1. The van der Waals surface area contributed by atoms with Crippen LogP contribution in [0, 0.1) is 5.92 Å². The largest absolute Gasteiger partial charge is 0.381 e. The van der Waals surface area contributed by atoms with Gasteiger partial charge in [0.2, 0.25) is 0 Å². The van der Waals surface area contributed by atoms with E-state index in [1.165, 1.54) is 38.5 Å². The zero-order valence-electron chi connectivity index (χ0n) is 12.1. The van der Waals surface area contributed by atoms with Crippen LogP contribution < -0.4 is 5.73 Å². The van der Waals surface area contributed by atoms with E-state index in [0.717, 1.165) is 25.4 Å². The average molecular weight is 254 g/mol. The van der Waals surface area contributed by atoms with Crippen molar-refractivity contribution in [1.29, 1.82) is 0 Å². The van der Waals surface area contributed by atoms with Crippen LogP contribution in [-0.4, -0.2) is 43.3 Å². The number of ether oxygens (including phenoxy) is 1. The first kappa shape index (κ1) is 14.3. The molecule has 18 heavy (non-hydrogen) atoms. The van der Waals surface area contributed by atoms with Crippen LogP contribution in [0.15, 0.2) is 0 Å². The van der Waals surface area contributed by atoms with Crippen LogP contribution in [0.3, 0.4) is 0 Å². The summed E-state index contributed by atoms with van der Waals surface area (Å²) < 4.78 is 5.51. The molecular formula is C15H30N2O. The van der Waals surface area contributed by atoms with Crippen LogP contribution in [0.5, 0.6) is 0 Å². The second-order valence-corrected chi connectivity index (χ2v) is 6.15. The molecule has 0 radical (unpaired) electrons. The molecule has 3 nitrogen and oxygen atoms in total. The predicted octanol–water partition coefficient (Wildman–Crippen LogP) is 2.39. The number of methoxy groups -OCH3 is 1. The van der Waals surface area contributed by atoms with Crippen LogP contribution in [0.2, 0.25) is 0 Å². The Bertz CT molecular complexity index is 241. The van der Waals surface area contributed by atoms with Gasteiger partial charge in [0.05, 0.1) is 6.10 Å². The summed E-state index contributed by atoms with van der Waals surface area (Å²) in [6.07, 6.45) is 9.84. The summed E-state index contributed by atoms with van der Waals surface area (Å²) in [7, 11) is 1.83. The fourth-order valence-electron chi connectivity index (χ4n) is 3.90. The van der Waals surface area contributed by atoms with E-state index in [1.54, 1.807) is 0 Å². The lowest BCUT2D eigenvalue weighted by atomic mass is 9.82. The lowest BCUT2D eigenvalue weighted by molar-refractivity contribution is -0.0155. The summed E-state index contributed by atoms with van der Waals surface area (Å²) in [5.74, 6) is 0.895. The molecule has 0 spiro atoms. The van der Waals surface area contributed by atoms with E-state index in [1.807, 2.05) is 7.11 Å². The highest BCUT2D eigenvalue weighted by atomic mass is 16.5. The third kappa shape index (κ3) is 3.25. The maximum Gasteiger partial charge on any atom is 0.0599 e. The van der Waals surface area contributed by atoms with Crippen molar-refractivity contribution in [3.05, 3.63) is 0 Å². The zero-order valence-corrected chi connectivity index (χ0v) is 12.1. The second kappa shape index (κ2) is 6.88. The van der Waals surface area contributed by atoms with Gasteiger partial charge in [0.25, 0.3) is 0 Å². The molecule has 1 saturated carbocycles. The molecule has 3 heteroatoms. The third-order valence-electron chi connectivity index (χ3n) is 5.17. The zero-order chi connectivity index (χ0) is 13.0. The van der Waals surface area contributed by atoms with E-state index in [0.29, 0.717) is 18.2 Å². The van der Waals surface area contributed by atoms with Gasteiger partial charge in [0.1, 0.15) is 0 Å². The quantitative estimate of drug-likeness (QED) is 0.837. The Morgan fingerprint density at radius 2 is 1.94 bits per heavy atom. The first-order valence-electron chi connectivity index (χ1n) is 7.74. The van der Waals surface area contributed by atoms with Crippen molar-refractivity contribution in [3.8, 4) is 0 Å². The van der Waals surface area contributed by atoms with Crippen molar-refractivity contribution < 1.29 is 4.74 Å². The molecule has 1 saturated heterocycles. The van der Waals surface area contributed by atoms with Crippen molar-refractivity contribution in [2.24, 2.45) is 11.7 Å². The first-order valence-corrected chi connectivity index (χ1v) is 7.74. The van der Waals surface area contributed by atoms with Crippen LogP contribution >= 0.6 is 0 Å². The smallest absolute Gasteiger partial charge is 0.0599 e. The Morgan fingerprint density at radius 3 is 2.56 bits per heavy atom. The predicted molar refractivity (Wildman–Crippen MR) is 75.6 cm³/mol. The molecule has 106 valence electrons. The van der Waals surface area contributed by atoms with Crippen molar-refractivity contribution in [2.75, 3.05) is 20.2 Å². The molecule has 3 unspecified atom stereocenters. The van der Waals surface area contributed by atoms with Gasteiger partial charge in [-0.25, -0.2) is 0 Å². The molecule has 0 aromatic heterocycles. The summed E-state index contributed by atoms with van der Waals surface area (Å²) in [5.41, 5.74) is 5.98. The minimum atomic E-state index is 0.424. The molecule has 2 rings (SSSR count). The fraction of sp³-hybridized carbons (Fsp3) is 1.00. The van der Waals surface area contributed by atoms with Crippen LogP contribution in [-0.2, 0) is 4.74 Å². The Hall–Kier alpha value is -0.120. The SMILES string of the molecule is COC1CCN(C(C)C2CCCCC2)C(CN)C1. The summed E-state index contributed by atoms with van der Waals surface area (Å²) >= 11 is 0. The molecule has 1 aliphatic heterocycles. The molecule has 0 amide bonds. The van der Waals surface area contributed by atoms with Gasteiger partial charge in [0, 0.05) is 32.3 Å². The Kier molecular flexibility index (Phi) is 5.46. The summed E-state index contributed by atoms with van der Waals surface area (Å²) in [5, 5.41) is 0. The van der Waals surface area contributed by atoms with E-state index < -0.39 is 0 Å². The van der Waals surface area contributed by atoms with Gasteiger partial charge in [-0.1, -0.05) is 19.3 Å². The number of nitrogens with zero attached hydrogens (tertiary/aromatic N) is 1. The number of hydrogen-bond donors (Lipinski definition) is 1. The van der Waals surface area contributed by atoms with Gasteiger partial charge in [-0.3, -0.25) is 4.90 Å². The maximum absolute atomic E-state index is 5.98. The monoisotopic (exact) mass is 254 g/mol. The Morgan fingerprint density at radius 1 is 1.22 bits per heavy atom. The van der Waals surface area contributed by atoms with Crippen molar-refractivity contribution in [1.82, 2.24) is 4.90 Å². The summed E-state index contributed by atoms with van der Waals surface area (Å²) in [6, 6.07) is 1.23. The second-order valence-electron chi connectivity index (χ2n) is 6.15.